The summed E-state index contributed by atoms with van der Waals surface area (Å²) in [5.41, 5.74) is -0.621. The molecule has 2 unspecified atom stereocenters. The average molecular weight is 199 g/mol. The van der Waals surface area contributed by atoms with E-state index in [9.17, 15) is 5.11 Å². The van der Waals surface area contributed by atoms with Gasteiger partial charge in [0.1, 0.15) is 5.60 Å². The first-order valence-electron chi connectivity index (χ1n) is 5.75. The van der Waals surface area contributed by atoms with Gasteiger partial charge in [-0.2, -0.15) is 0 Å². The van der Waals surface area contributed by atoms with Gasteiger partial charge >= 0.3 is 0 Å². The molecular weight excluding hydrogens is 178 g/mol. The van der Waals surface area contributed by atoms with Gasteiger partial charge in [0, 0.05) is 19.6 Å². The van der Waals surface area contributed by atoms with E-state index in [1.165, 1.54) is 19.3 Å². The maximum atomic E-state index is 10.2. The minimum atomic E-state index is -0.621. The largest absolute Gasteiger partial charge is 0.386 e. The Hall–Kier alpha value is -0.120. The molecule has 0 aromatic heterocycles. The molecule has 14 heavy (non-hydrogen) atoms. The van der Waals surface area contributed by atoms with Gasteiger partial charge in [0.2, 0.25) is 0 Å². The Labute approximate surface area is 85.8 Å². The number of aliphatic hydroxyl groups is 1. The van der Waals surface area contributed by atoms with Gasteiger partial charge in [-0.05, 0) is 25.8 Å². The molecule has 2 fully saturated rings. The van der Waals surface area contributed by atoms with Crippen molar-refractivity contribution in [1.82, 2.24) is 5.32 Å². The minimum Gasteiger partial charge on any atom is -0.386 e. The highest BCUT2D eigenvalue weighted by molar-refractivity contribution is 4.91. The van der Waals surface area contributed by atoms with E-state index >= 15 is 0 Å². The van der Waals surface area contributed by atoms with Gasteiger partial charge in [0.15, 0.2) is 0 Å². The summed E-state index contributed by atoms with van der Waals surface area (Å²) in [6.45, 7) is 4.37. The molecule has 0 amide bonds. The van der Waals surface area contributed by atoms with Gasteiger partial charge in [-0.25, -0.2) is 0 Å². The molecule has 3 heteroatoms. The van der Waals surface area contributed by atoms with Gasteiger partial charge in [0.25, 0.3) is 0 Å². The van der Waals surface area contributed by atoms with Crippen LogP contribution in [0, 0.1) is 5.92 Å². The van der Waals surface area contributed by atoms with Gasteiger partial charge in [-0.15, -0.1) is 0 Å². The van der Waals surface area contributed by atoms with E-state index in [-0.39, 0.29) is 6.10 Å². The molecule has 1 saturated carbocycles. The van der Waals surface area contributed by atoms with Gasteiger partial charge in [0.05, 0.1) is 6.10 Å². The van der Waals surface area contributed by atoms with Crippen molar-refractivity contribution in [3.05, 3.63) is 0 Å². The lowest BCUT2D eigenvalue weighted by molar-refractivity contribution is -0.0260. The quantitative estimate of drug-likeness (QED) is 0.647. The van der Waals surface area contributed by atoms with Crippen LogP contribution in [0.2, 0.25) is 0 Å². The van der Waals surface area contributed by atoms with E-state index in [1.807, 2.05) is 6.92 Å². The van der Waals surface area contributed by atoms with Crippen LogP contribution in [0.3, 0.4) is 0 Å². The molecule has 0 radical (unpaired) electrons. The van der Waals surface area contributed by atoms with E-state index in [2.05, 4.69) is 5.32 Å². The van der Waals surface area contributed by atoms with Gasteiger partial charge < -0.3 is 15.2 Å². The lowest BCUT2D eigenvalue weighted by atomic mass is 9.97. The molecular formula is C11H21NO2. The fraction of sp³-hybridized carbons (Fsp3) is 1.00. The summed E-state index contributed by atoms with van der Waals surface area (Å²) in [7, 11) is 0. The van der Waals surface area contributed by atoms with Crippen LogP contribution in [0.1, 0.15) is 32.6 Å². The van der Waals surface area contributed by atoms with E-state index in [0.29, 0.717) is 13.2 Å². The zero-order chi connectivity index (χ0) is 10.0. The number of ether oxygens (including phenoxy) is 1. The second-order valence-corrected chi connectivity index (χ2v) is 4.78. The molecule has 1 saturated heterocycles. The van der Waals surface area contributed by atoms with Crippen LogP contribution in [0.15, 0.2) is 0 Å². The molecule has 0 bridgehead atoms. The second kappa shape index (κ2) is 4.17. The molecule has 2 rings (SSSR count). The predicted molar refractivity (Wildman–Crippen MR) is 55.2 cm³/mol. The maximum Gasteiger partial charge on any atom is 0.105 e. The predicted octanol–water partition coefficient (Wildman–Crippen LogP) is 0.916. The molecule has 0 spiro atoms. The maximum absolute atomic E-state index is 10.2. The van der Waals surface area contributed by atoms with Crippen molar-refractivity contribution in [3.63, 3.8) is 0 Å². The van der Waals surface area contributed by atoms with Gasteiger partial charge in [-0.3, -0.25) is 0 Å². The highest BCUT2D eigenvalue weighted by atomic mass is 16.5. The summed E-state index contributed by atoms with van der Waals surface area (Å²) < 4.78 is 5.37. The van der Waals surface area contributed by atoms with Crippen molar-refractivity contribution in [2.75, 3.05) is 19.7 Å². The number of rotatable bonds is 5. The summed E-state index contributed by atoms with van der Waals surface area (Å²) in [5.74, 6) is 0.967. The third kappa shape index (κ3) is 2.47. The lowest BCUT2D eigenvalue weighted by Crippen LogP contribution is -2.46. The highest BCUT2D eigenvalue weighted by Crippen LogP contribution is 2.31. The van der Waals surface area contributed by atoms with Crippen molar-refractivity contribution in [2.24, 2.45) is 5.92 Å². The number of hydrogen-bond donors (Lipinski definition) is 2. The fourth-order valence-corrected chi connectivity index (χ4v) is 2.02. The Morgan fingerprint density at radius 3 is 2.86 bits per heavy atom. The molecule has 2 aliphatic rings. The van der Waals surface area contributed by atoms with Crippen molar-refractivity contribution in [2.45, 2.75) is 44.3 Å². The zero-order valence-electron chi connectivity index (χ0n) is 8.96. The van der Waals surface area contributed by atoms with Crippen molar-refractivity contribution in [3.8, 4) is 0 Å². The van der Waals surface area contributed by atoms with E-state index in [1.54, 1.807) is 0 Å². The van der Waals surface area contributed by atoms with Crippen molar-refractivity contribution < 1.29 is 9.84 Å². The molecule has 1 heterocycles. The fourth-order valence-electron chi connectivity index (χ4n) is 2.02. The topological polar surface area (TPSA) is 41.5 Å². The van der Waals surface area contributed by atoms with Crippen LogP contribution < -0.4 is 5.32 Å². The van der Waals surface area contributed by atoms with Crippen LogP contribution in [0.5, 0.6) is 0 Å². The first-order valence-corrected chi connectivity index (χ1v) is 5.75. The molecule has 2 atom stereocenters. The van der Waals surface area contributed by atoms with Crippen LogP contribution in [0.4, 0.5) is 0 Å². The summed E-state index contributed by atoms with van der Waals surface area (Å²) in [6.07, 6.45) is 4.84. The monoisotopic (exact) mass is 199 g/mol. The zero-order valence-corrected chi connectivity index (χ0v) is 8.96. The summed E-state index contributed by atoms with van der Waals surface area (Å²) in [5, 5.41) is 13.5. The average Bonchev–Trinajstić information content (AvgIpc) is 2.91. The number of hydrogen-bond acceptors (Lipinski definition) is 3. The van der Waals surface area contributed by atoms with Crippen LogP contribution in [-0.4, -0.2) is 36.5 Å². The first kappa shape index (κ1) is 10.4. The van der Waals surface area contributed by atoms with Crippen LogP contribution in [-0.2, 0) is 4.74 Å². The minimum absolute atomic E-state index is 0.0177. The highest BCUT2D eigenvalue weighted by Gasteiger charge is 2.38. The van der Waals surface area contributed by atoms with Crippen molar-refractivity contribution >= 4 is 0 Å². The third-order valence-corrected chi connectivity index (χ3v) is 3.52. The Bertz CT molecular complexity index is 194. The Balaban J connectivity index is 1.62. The molecule has 3 nitrogen and oxygen atoms in total. The Morgan fingerprint density at radius 1 is 1.50 bits per heavy atom. The summed E-state index contributed by atoms with van der Waals surface area (Å²) in [4.78, 5) is 0. The smallest absolute Gasteiger partial charge is 0.105 e. The van der Waals surface area contributed by atoms with Crippen LogP contribution in [0.25, 0.3) is 0 Å². The van der Waals surface area contributed by atoms with Crippen molar-refractivity contribution in [1.29, 1.82) is 0 Å². The Morgan fingerprint density at radius 2 is 2.29 bits per heavy atom. The normalized spacial score (nSPS) is 37.7. The molecule has 82 valence electrons. The van der Waals surface area contributed by atoms with E-state index < -0.39 is 5.60 Å². The molecule has 0 aromatic rings. The SMILES string of the molecule is CC1OCCC1(O)CNCCC1CC1. The van der Waals surface area contributed by atoms with E-state index in [0.717, 1.165) is 18.9 Å². The summed E-state index contributed by atoms with van der Waals surface area (Å²) >= 11 is 0. The molecule has 1 aliphatic heterocycles. The Kier molecular flexibility index (Phi) is 3.10. The number of nitrogens with one attached hydrogen (secondary N) is 1. The lowest BCUT2D eigenvalue weighted by Gasteiger charge is -2.26. The summed E-state index contributed by atoms with van der Waals surface area (Å²) in [6, 6.07) is 0. The molecule has 0 aromatic carbocycles. The van der Waals surface area contributed by atoms with E-state index in [4.69, 9.17) is 4.74 Å². The second-order valence-electron chi connectivity index (χ2n) is 4.78. The first-order chi connectivity index (χ1) is 6.71. The molecule has 2 N–H and O–H groups in total. The molecule has 1 aliphatic carbocycles. The van der Waals surface area contributed by atoms with Crippen LogP contribution >= 0.6 is 0 Å². The standard InChI is InChI=1S/C11H21NO2/c1-9-11(13,5-7-14-9)8-12-6-4-10-2-3-10/h9-10,12-13H,2-8H2,1H3. The van der Waals surface area contributed by atoms with Gasteiger partial charge in [-0.1, -0.05) is 12.8 Å². The third-order valence-electron chi connectivity index (χ3n) is 3.52.